The van der Waals surface area contributed by atoms with Gasteiger partial charge < -0.3 is 14.2 Å². The molecule has 8 nitrogen and oxygen atoms in total. The highest BCUT2D eigenvalue weighted by Gasteiger charge is 2.25. The van der Waals surface area contributed by atoms with Crippen LogP contribution in [0.1, 0.15) is 11.1 Å². The largest absolute Gasteiger partial charge is 0.493 e. The third kappa shape index (κ3) is 6.73. The van der Waals surface area contributed by atoms with Crippen LogP contribution in [0.3, 0.4) is 0 Å². The van der Waals surface area contributed by atoms with Crippen LogP contribution in [-0.2, 0) is 20.9 Å². The molecular weight excluding hydrogens is 557 g/mol. The van der Waals surface area contributed by atoms with Crippen molar-refractivity contribution < 1.29 is 23.8 Å². The lowest BCUT2D eigenvalue weighted by molar-refractivity contribution is -0.135. The van der Waals surface area contributed by atoms with Crippen molar-refractivity contribution in [1.29, 1.82) is 0 Å². The molecule has 1 N–H and O–H groups in total. The number of nitrogens with one attached hydrogen (secondary N) is 1. The van der Waals surface area contributed by atoms with Crippen molar-refractivity contribution in [2.24, 2.45) is 10.2 Å². The van der Waals surface area contributed by atoms with Gasteiger partial charge in [0.25, 0.3) is 5.91 Å². The van der Waals surface area contributed by atoms with Gasteiger partial charge in [-0.2, -0.15) is 5.10 Å². The number of nitrogens with zero attached hydrogens (tertiary/aromatic N) is 2. The maximum Gasteiger partial charge on any atom is 0.331 e. The maximum absolute atomic E-state index is 11.8. The first-order valence-corrected chi connectivity index (χ1v) is 11.5. The first kappa shape index (κ1) is 25.1. The minimum absolute atomic E-state index is 0.169. The quantitative estimate of drug-likeness (QED) is 0.218. The third-order valence-electron chi connectivity index (χ3n) is 4.10. The van der Waals surface area contributed by atoms with Crippen LogP contribution >= 0.6 is 50.9 Å². The number of amidine groups is 1. The van der Waals surface area contributed by atoms with Crippen molar-refractivity contribution in [3.63, 3.8) is 0 Å². The molecule has 2 aromatic carbocycles. The molecule has 0 aromatic heterocycles. The van der Waals surface area contributed by atoms with Gasteiger partial charge in [0, 0.05) is 21.7 Å². The van der Waals surface area contributed by atoms with E-state index in [-0.39, 0.29) is 16.7 Å². The summed E-state index contributed by atoms with van der Waals surface area (Å²) in [5, 5.41) is 11.7. The van der Waals surface area contributed by atoms with E-state index in [0.29, 0.717) is 31.6 Å². The lowest BCUT2D eigenvalue weighted by atomic mass is 10.2. The lowest BCUT2D eigenvalue weighted by Crippen LogP contribution is -2.19. The Labute approximate surface area is 212 Å². The molecule has 0 aliphatic carbocycles. The van der Waals surface area contributed by atoms with E-state index in [4.69, 9.17) is 32.7 Å². The number of amides is 1. The molecule has 0 atom stereocenters. The number of carbonyl (C=O) groups excluding carboxylic acids is 2. The molecule has 33 heavy (non-hydrogen) atoms. The van der Waals surface area contributed by atoms with Gasteiger partial charge in [-0.1, -0.05) is 29.3 Å². The van der Waals surface area contributed by atoms with Crippen LogP contribution in [0.4, 0.5) is 0 Å². The van der Waals surface area contributed by atoms with Crippen molar-refractivity contribution in [1.82, 2.24) is 5.32 Å². The Bertz CT molecular complexity index is 1190. The summed E-state index contributed by atoms with van der Waals surface area (Å²) < 4.78 is 16.5. The molecule has 12 heteroatoms. The number of thioether (sulfide) groups is 1. The van der Waals surface area contributed by atoms with Gasteiger partial charge >= 0.3 is 5.97 Å². The summed E-state index contributed by atoms with van der Waals surface area (Å²) in [6.07, 6.45) is 2.57. The number of hydrogen-bond donors (Lipinski definition) is 1. The second-order valence-corrected chi connectivity index (χ2v) is 9.02. The van der Waals surface area contributed by atoms with E-state index in [0.717, 1.165) is 23.4 Å². The summed E-state index contributed by atoms with van der Waals surface area (Å²) in [4.78, 5) is 23.3. The van der Waals surface area contributed by atoms with Crippen LogP contribution in [0, 0.1) is 0 Å². The zero-order valence-corrected chi connectivity index (χ0v) is 21.1. The van der Waals surface area contributed by atoms with Crippen molar-refractivity contribution >= 4 is 74.2 Å². The van der Waals surface area contributed by atoms with Crippen molar-refractivity contribution in [2.75, 3.05) is 14.2 Å². The van der Waals surface area contributed by atoms with Gasteiger partial charge in [-0.05, 0) is 57.5 Å². The Morgan fingerprint density at radius 3 is 2.73 bits per heavy atom. The fourth-order valence-electron chi connectivity index (χ4n) is 2.53. The molecule has 1 aliphatic heterocycles. The normalized spacial score (nSPS) is 15.8. The Hall–Kier alpha value is -2.53. The Morgan fingerprint density at radius 2 is 2.03 bits per heavy atom. The molecular formula is C21H16BrCl2N3O5S. The SMILES string of the molecule is COC(=O)/C=C1/S/C(=N\N=Cc2cc(Br)c(OCc3ccc(Cl)cc3Cl)c(OC)c2)NC1=O. The summed E-state index contributed by atoms with van der Waals surface area (Å²) in [7, 11) is 2.75. The molecule has 0 spiro atoms. The van der Waals surface area contributed by atoms with E-state index in [2.05, 4.69) is 36.2 Å². The fourth-order valence-corrected chi connectivity index (χ4v) is 4.31. The first-order chi connectivity index (χ1) is 15.8. The summed E-state index contributed by atoms with van der Waals surface area (Å²) in [5.41, 5.74) is 1.44. The van der Waals surface area contributed by atoms with Crippen LogP contribution in [0.5, 0.6) is 11.5 Å². The second kappa shape index (κ2) is 11.6. The van der Waals surface area contributed by atoms with E-state index < -0.39 is 11.9 Å². The van der Waals surface area contributed by atoms with Crippen LogP contribution in [0.15, 0.2) is 56.0 Å². The van der Waals surface area contributed by atoms with Crippen molar-refractivity contribution in [3.05, 3.63) is 67.0 Å². The molecule has 1 amide bonds. The van der Waals surface area contributed by atoms with Crippen molar-refractivity contribution in [3.8, 4) is 11.5 Å². The molecule has 2 aromatic rings. The van der Waals surface area contributed by atoms with Gasteiger partial charge in [0.2, 0.25) is 0 Å². The average Bonchev–Trinajstić information content (AvgIpc) is 3.12. The minimum atomic E-state index is -0.630. The van der Waals surface area contributed by atoms with Gasteiger partial charge in [0.15, 0.2) is 16.7 Å². The minimum Gasteiger partial charge on any atom is -0.493 e. The summed E-state index contributed by atoms with van der Waals surface area (Å²) in [6, 6.07) is 8.66. The molecule has 0 bridgehead atoms. The van der Waals surface area contributed by atoms with Gasteiger partial charge in [0.05, 0.1) is 29.8 Å². The molecule has 3 rings (SSSR count). The maximum atomic E-state index is 11.8. The summed E-state index contributed by atoms with van der Waals surface area (Å²) >= 11 is 16.6. The zero-order chi connectivity index (χ0) is 24.0. The van der Waals surface area contributed by atoms with Gasteiger partial charge in [0.1, 0.15) is 6.61 Å². The molecule has 1 heterocycles. The molecule has 0 saturated carbocycles. The number of ether oxygens (including phenoxy) is 3. The summed E-state index contributed by atoms with van der Waals surface area (Å²) in [5.74, 6) is -0.125. The highest BCUT2D eigenvalue weighted by atomic mass is 79.9. The monoisotopic (exact) mass is 571 g/mol. The topological polar surface area (TPSA) is 98.6 Å². The van der Waals surface area contributed by atoms with Crippen LogP contribution < -0.4 is 14.8 Å². The Balaban J connectivity index is 1.72. The first-order valence-electron chi connectivity index (χ1n) is 9.15. The number of rotatable bonds is 7. The van der Waals surface area contributed by atoms with Crippen molar-refractivity contribution in [2.45, 2.75) is 6.61 Å². The molecule has 1 saturated heterocycles. The second-order valence-electron chi connectivity index (χ2n) is 6.30. The molecule has 172 valence electrons. The van der Waals surface area contributed by atoms with Gasteiger partial charge in [-0.3, -0.25) is 10.1 Å². The average molecular weight is 573 g/mol. The zero-order valence-electron chi connectivity index (χ0n) is 17.2. The van der Waals surface area contributed by atoms with E-state index in [9.17, 15) is 9.59 Å². The molecule has 0 unspecified atom stereocenters. The fraction of sp³-hybridized carbons (Fsp3) is 0.143. The number of methoxy groups -OCH3 is 2. The summed E-state index contributed by atoms with van der Waals surface area (Å²) in [6.45, 7) is 0.213. The van der Waals surface area contributed by atoms with Gasteiger partial charge in [-0.25, -0.2) is 4.79 Å². The molecule has 1 aliphatic rings. The van der Waals surface area contributed by atoms with Crippen LogP contribution in [0.2, 0.25) is 10.0 Å². The predicted molar refractivity (Wildman–Crippen MR) is 132 cm³/mol. The molecule has 1 fully saturated rings. The Morgan fingerprint density at radius 1 is 1.24 bits per heavy atom. The smallest absolute Gasteiger partial charge is 0.331 e. The van der Waals surface area contributed by atoms with Crippen LogP contribution in [-0.4, -0.2) is 37.5 Å². The van der Waals surface area contributed by atoms with E-state index in [1.165, 1.54) is 20.4 Å². The van der Waals surface area contributed by atoms with E-state index in [1.54, 1.807) is 30.3 Å². The standard InChI is InChI=1S/C21H16BrCl2N3O5S/c1-30-16-6-11(9-25-27-21-26-20(29)17(33-21)8-18(28)31-2)5-14(22)19(16)32-10-12-3-4-13(23)7-15(12)24/h3-9H,10H2,1-2H3,(H,26,27,29)/b17-8+,25-9?. The third-order valence-corrected chi connectivity index (χ3v) is 6.17. The highest BCUT2D eigenvalue weighted by molar-refractivity contribution is 9.10. The van der Waals surface area contributed by atoms with E-state index >= 15 is 0 Å². The number of benzene rings is 2. The lowest BCUT2D eigenvalue weighted by Gasteiger charge is -2.14. The number of halogens is 3. The number of carbonyl (C=O) groups is 2. The van der Waals surface area contributed by atoms with E-state index in [1.807, 2.05) is 0 Å². The highest BCUT2D eigenvalue weighted by Crippen LogP contribution is 2.37. The van der Waals surface area contributed by atoms with Crippen LogP contribution in [0.25, 0.3) is 0 Å². The molecule has 0 radical (unpaired) electrons. The Kier molecular flexibility index (Phi) is 8.79. The number of hydrogen-bond acceptors (Lipinski definition) is 8. The predicted octanol–water partition coefficient (Wildman–Crippen LogP) is 4.95. The number of esters is 1. The van der Waals surface area contributed by atoms with Gasteiger partial charge in [-0.15, -0.1) is 5.10 Å².